The standard InChI is InChI=1S/C22H24N2O2S/c1-15-6-5-7-18(12-15)14-27-22-23-16(2)20(21(25)24(22)3)13-17-8-10-19(26-4)11-9-17/h5-12H,13-14H2,1-4H3. The van der Waals surface area contributed by atoms with Crippen molar-refractivity contribution in [2.45, 2.75) is 31.2 Å². The van der Waals surface area contributed by atoms with Gasteiger partial charge < -0.3 is 4.74 Å². The molecule has 0 saturated heterocycles. The second-order valence-electron chi connectivity index (χ2n) is 6.63. The summed E-state index contributed by atoms with van der Waals surface area (Å²) in [5.74, 6) is 1.60. The summed E-state index contributed by atoms with van der Waals surface area (Å²) in [4.78, 5) is 17.6. The van der Waals surface area contributed by atoms with Crippen molar-refractivity contribution in [2.24, 2.45) is 7.05 Å². The van der Waals surface area contributed by atoms with Crippen LogP contribution in [0.5, 0.6) is 5.75 Å². The molecule has 5 heteroatoms. The Balaban J connectivity index is 1.81. The van der Waals surface area contributed by atoms with Gasteiger partial charge in [-0.3, -0.25) is 9.36 Å². The van der Waals surface area contributed by atoms with E-state index in [-0.39, 0.29) is 5.56 Å². The molecule has 0 unspecified atom stereocenters. The van der Waals surface area contributed by atoms with E-state index in [1.54, 1.807) is 30.5 Å². The molecule has 0 atom stereocenters. The molecular formula is C22H24N2O2S. The minimum Gasteiger partial charge on any atom is -0.497 e. The normalized spacial score (nSPS) is 10.8. The monoisotopic (exact) mass is 380 g/mol. The van der Waals surface area contributed by atoms with Crippen molar-refractivity contribution < 1.29 is 4.74 Å². The van der Waals surface area contributed by atoms with E-state index in [0.29, 0.717) is 6.42 Å². The maximum atomic E-state index is 12.9. The summed E-state index contributed by atoms with van der Waals surface area (Å²) in [7, 11) is 3.44. The average molecular weight is 381 g/mol. The summed E-state index contributed by atoms with van der Waals surface area (Å²) in [6, 6.07) is 16.2. The van der Waals surface area contributed by atoms with Crippen molar-refractivity contribution >= 4 is 11.8 Å². The fourth-order valence-corrected chi connectivity index (χ4v) is 3.91. The van der Waals surface area contributed by atoms with Crippen molar-refractivity contribution in [1.82, 2.24) is 9.55 Å². The molecule has 4 nitrogen and oxygen atoms in total. The average Bonchev–Trinajstić information content (AvgIpc) is 2.67. The van der Waals surface area contributed by atoms with Crippen LogP contribution in [0.15, 0.2) is 58.5 Å². The smallest absolute Gasteiger partial charge is 0.257 e. The van der Waals surface area contributed by atoms with E-state index < -0.39 is 0 Å². The molecule has 0 saturated carbocycles. The SMILES string of the molecule is COc1ccc(Cc2c(C)nc(SCc3cccc(C)c3)n(C)c2=O)cc1. The molecule has 0 fully saturated rings. The minimum atomic E-state index is 0.0186. The van der Waals surface area contributed by atoms with Crippen LogP contribution in [-0.4, -0.2) is 16.7 Å². The Kier molecular flexibility index (Phi) is 6.01. The molecule has 0 N–H and O–H groups in total. The first kappa shape index (κ1) is 19.2. The number of nitrogens with zero attached hydrogens (tertiary/aromatic N) is 2. The molecule has 1 aromatic heterocycles. The van der Waals surface area contributed by atoms with Crippen molar-refractivity contribution in [2.75, 3.05) is 7.11 Å². The van der Waals surface area contributed by atoms with Gasteiger partial charge in [0.05, 0.1) is 7.11 Å². The first-order valence-electron chi connectivity index (χ1n) is 8.85. The summed E-state index contributed by atoms with van der Waals surface area (Å²) < 4.78 is 6.85. The highest BCUT2D eigenvalue weighted by atomic mass is 32.2. The molecule has 3 rings (SSSR count). The Bertz CT molecular complexity index is 994. The Morgan fingerprint density at radius 1 is 1.07 bits per heavy atom. The summed E-state index contributed by atoms with van der Waals surface area (Å²) in [5.41, 5.74) is 5.08. The zero-order valence-corrected chi connectivity index (χ0v) is 17.0. The van der Waals surface area contributed by atoms with Crippen LogP contribution in [0.3, 0.4) is 0 Å². The van der Waals surface area contributed by atoms with E-state index in [1.807, 2.05) is 31.2 Å². The van der Waals surface area contributed by atoms with Crippen LogP contribution < -0.4 is 10.3 Å². The Morgan fingerprint density at radius 3 is 2.48 bits per heavy atom. The zero-order valence-electron chi connectivity index (χ0n) is 16.2. The lowest BCUT2D eigenvalue weighted by atomic mass is 10.1. The molecular weight excluding hydrogens is 356 g/mol. The maximum Gasteiger partial charge on any atom is 0.257 e. The molecule has 140 valence electrons. The van der Waals surface area contributed by atoms with Gasteiger partial charge in [-0.25, -0.2) is 4.98 Å². The lowest BCUT2D eigenvalue weighted by molar-refractivity contribution is 0.414. The van der Waals surface area contributed by atoms with Crippen molar-refractivity contribution in [3.05, 3.63) is 86.8 Å². The van der Waals surface area contributed by atoms with Gasteiger partial charge in [-0.05, 0) is 37.1 Å². The lowest BCUT2D eigenvalue weighted by Crippen LogP contribution is -2.25. The number of hydrogen-bond acceptors (Lipinski definition) is 4. The van der Waals surface area contributed by atoms with Gasteiger partial charge in [0.15, 0.2) is 5.16 Å². The summed E-state index contributed by atoms with van der Waals surface area (Å²) >= 11 is 1.59. The topological polar surface area (TPSA) is 44.1 Å². The number of rotatable bonds is 6. The third kappa shape index (κ3) is 4.61. The highest BCUT2D eigenvalue weighted by Crippen LogP contribution is 2.22. The summed E-state index contributed by atoms with van der Waals surface area (Å²) in [5, 5.41) is 0.748. The van der Waals surface area contributed by atoms with Crippen LogP contribution >= 0.6 is 11.8 Å². The van der Waals surface area contributed by atoms with E-state index in [4.69, 9.17) is 9.72 Å². The zero-order chi connectivity index (χ0) is 19.4. The van der Waals surface area contributed by atoms with Crippen LogP contribution in [0, 0.1) is 13.8 Å². The van der Waals surface area contributed by atoms with Gasteiger partial charge in [0.2, 0.25) is 0 Å². The molecule has 0 amide bonds. The Morgan fingerprint density at radius 2 is 1.81 bits per heavy atom. The van der Waals surface area contributed by atoms with E-state index in [9.17, 15) is 4.79 Å². The number of thioether (sulfide) groups is 1. The number of hydrogen-bond donors (Lipinski definition) is 0. The molecule has 1 heterocycles. The van der Waals surface area contributed by atoms with Crippen LogP contribution in [0.25, 0.3) is 0 Å². The molecule has 0 aliphatic heterocycles. The number of methoxy groups -OCH3 is 1. The van der Waals surface area contributed by atoms with E-state index in [1.165, 1.54) is 11.1 Å². The van der Waals surface area contributed by atoms with Crippen LogP contribution in [-0.2, 0) is 19.2 Å². The summed E-state index contributed by atoms with van der Waals surface area (Å²) in [6.45, 7) is 4.00. The number of ether oxygens (including phenoxy) is 1. The molecule has 0 radical (unpaired) electrons. The van der Waals surface area contributed by atoms with Gasteiger partial charge >= 0.3 is 0 Å². The quantitative estimate of drug-likeness (QED) is 0.473. The highest BCUT2D eigenvalue weighted by molar-refractivity contribution is 7.98. The van der Waals surface area contributed by atoms with Crippen molar-refractivity contribution in [3.8, 4) is 5.75 Å². The molecule has 27 heavy (non-hydrogen) atoms. The Labute approximate surface area is 164 Å². The predicted molar refractivity (Wildman–Crippen MR) is 111 cm³/mol. The Hall–Kier alpha value is -2.53. The first-order chi connectivity index (χ1) is 13.0. The van der Waals surface area contributed by atoms with Crippen LogP contribution in [0.4, 0.5) is 0 Å². The summed E-state index contributed by atoms with van der Waals surface area (Å²) in [6.07, 6.45) is 0.568. The van der Waals surface area contributed by atoms with Gasteiger partial charge in [0, 0.05) is 30.5 Å². The molecule has 0 spiro atoms. The fraction of sp³-hybridized carbons (Fsp3) is 0.273. The number of benzene rings is 2. The predicted octanol–water partition coefficient (Wildman–Crippen LogP) is 4.29. The molecule has 2 aromatic carbocycles. The largest absolute Gasteiger partial charge is 0.497 e. The number of aromatic nitrogens is 2. The number of aryl methyl sites for hydroxylation is 2. The minimum absolute atomic E-state index is 0.0186. The van der Waals surface area contributed by atoms with Crippen molar-refractivity contribution in [3.63, 3.8) is 0 Å². The fourth-order valence-electron chi connectivity index (χ4n) is 2.96. The molecule has 0 aliphatic rings. The maximum absolute atomic E-state index is 12.9. The molecule has 0 bridgehead atoms. The molecule has 3 aromatic rings. The van der Waals surface area contributed by atoms with E-state index in [0.717, 1.165) is 33.5 Å². The molecule has 0 aliphatic carbocycles. The van der Waals surface area contributed by atoms with Crippen molar-refractivity contribution in [1.29, 1.82) is 0 Å². The van der Waals surface area contributed by atoms with Gasteiger partial charge in [-0.15, -0.1) is 0 Å². The highest BCUT2D eigenvalue weighted by Gasteiger charge is 2.13. The van der Waals surface area contributed by atoms with Gasteiger partial charge in [-0.2, -0.15) is 0 Å². The lowest BCUT2D eigenvalue weighted by Gasteiger charge is -2.12. The second-order valence-corrected chi connectivity index (χ2v) is 7.57. The third-order valence-corrected chi connectivity index (χ3v) is 5.64. The van der Waals surface area contributed by atoms with Crippen LogP contribution in [0.1, 0.15) is 27.9 Å². The van der Waals surface area contributed by atoms with Crippen LogP contribution in [0.2, 0.25) is 0 Å². The second kappa shape index (κ2) is 8.44. The third-order valence-electron chi connectivity index (χ3n) is 4.54. The van der Waals surface area contributed by atoms with Gasteiger partial charge in [-0.1, -0.05) is 53.7 Å². The van der Waals surface area contributed by atoms with E-state index in [2.05, 4.69) is 31.2 Å². The van der Waals surface area contributed by atoms with E-state index >= 15 is 0 Å². The van der Waals surface area contributed by atoms with Gasteiger partial charge in [0.25, 0.3) is 5.56 Å². The first-order valence-corrected chi connectivity index (χ1v) is 9.84. The van der Waals surface area contributed by atoms with Gasteiger partial charge in [0.1, 0.15) is 5.75 Å².